The Kier molecular flexibility index (Phi) is 3.55. The highest BCUT2D eigenvalue weighted by molar-refractivity contribution is 4.81. The van der Waals surface area contributed by atoms with Crippen molar-refractivity contribution in [2.24, 2.45) is 11.8 Å². The van der Waals surface area contributed by atoms with E-state index in [4.69, 9.17) is 10.00 Å². The summed E-state index contributed by atoms with van der Waals surface area (Å²) < 4.78 is 5.48. The van der Waals surface area contributed by atoms with Crippen LogP contribution in [0.3, 0.4) is 0 Å². The molecule has 12 heavy (non-hydrogen) atoms. The third-order valence-corrected chi connectivity index (χ3v) is 2.67. The molecule has 0 aliphatic carbocycles. The largest absolute Gasteiger partial charge is 0.377 e. The van der Waals surface area contributed by atoms with Gasteiger partial charge < -0.3 is 4.74 Å². The van der Waals surface area contributed by atoms with Crippen LogP contribution >= 0.6 is 0 Å². The summed E-state index contributed by atoms with van der Waals surface area (Å²) in [7, 11) is 0. The molecular weight excluding hydrogens is 150 g/mol. The number of rotatable bonds is 2. The van der Waals surface area contributed by atoms with E-state index in [1.165, 1.54) is 6.42 Å². The van der Waals surface area contributed by atoms with Gasteiger partial charge in [0.1, 0.15) is 0 Å². The quantitative estimate of drug-likeness (QED) is 0.632. The topological polar surface area (TPSA) is 33.0 Å². The SMILES string of the molecule is CC(C)C1CCOC(CC#N)C1. The number of ether oxygens (including phenoxy) is 1. The second-order valence-corrected chi connectivity index (χ2v) is 3.88. The minimum Gasteiger partial charge on any atom is -0.377 e. The summed E-state index contributed by atoms with van der Waals surface area (Å²) in [5.41, 5.74) is 0. The second kappa shape index (κ2) is 4.47. The molecule has 1 fully saturated rings. The average Bonchev–Trinajstić information content (AvgIpc) is 2.05. The van der Waals surface area contributed by atoms with Crippen molar-refractivity contribution in [1.29, 1.82) is 5.26 Å². The normalized spacial score (nSPS) is 30.2. The lowest BCUT2D eigenvalue weighted by Crippen LogP contribution is -2.27. The summed E-state index contributed by atoms with van der Waals surface area (Å²) in [5.74, 6) is 1.49. The van der Waals surface area contributed by atoms with Crippen LogP contribution in [0.5, 0.6) is 0 Å². The second-order valence-electron chi connectivity index (χ2n) is 3.88. The Labute approximate surface area is 74.5 Å². The van der Waals surface area contributed by atoms with E-state index in [9.17, 15) is 0 Å². The summed E-state index contributed by atoms with van der Waals surface area (Å²) in [4.78, 5) is 0. The van der Waals surface area contributed by atoms with Gasteiger partial charge in [-0.1, -0.05) is 13.8 Å². The van der Waals surface area contributed by atoms with E-state index in [2.05, 4.69) is 19.9 Å². The van der Waals surface area contributed by atoms with Crippen LogP contribution in [0.2, 0.25) is 0 Å². The highest BCUT2D eigenvalue weighted by Gasteiger charge is 2.24. The molecule has 0 aromatic carbocycles. The third-order valence-electron chi connectivity index (χ3n) is 2.67. The molecule has 2 heteroatoms. The smallest absolute Gasteiger partial charge is 0.0707 e. The maximum absolute atomic E-state index is 8.51. The van der Waals surface area contributed by atoms with Crippen molar-refractivity contribution in [2.75, 3.05) is 6.61 Å². The van der Waals surface area contributed by atoms with Gasteiger partial charge in [0.05, 0.1) is 18.6 Å². The first-order valence-corrected chi connectivity index (χ1v) is 4.72. The Morgan fingerprint density at radius 1 is 1.58 bits per heavy atom. The van der Waals surface area contributed by atoms with Gasteiger partial charge in [0.15, 0.2) is 0 Å². The van der Waals surface area contributed by atoms with E-state index < -0.39 is 0 Å². The van der Waals surface area contributed by atoms with Gasteiger partial charge in [0, 0.05) is 6.61 Å². The summed E-state index contributed by atoms with van der Waals surface area (Å²) in [5, 5.41) is 8.51. The summed E-state index contributed by atoms with van der Waals surface area (Å²) >= 11 is 0. The van der Waals surface area contributed by atoms with Crippen molar-refractivity contribution in [1.82, 2.24) is 0 Å². The first-order valence-electron chi connectivity index (χ1n) is 4.72. The molecule has 2 atom stereocenters. The fraction of sp³-hybridized carbons (Fsp3) is 0.900. The summed E-state index contributed by atoms with van der Waals surface area (Å²) in [6, 6.07) is 2.17. The van der Waals surface area contributed by atoms with Crippen LogP contribution in [0.4, 0.5) is 0 Å². The maximum atomic E-state index is 8.51. The molecule has 0 saturated carbocycles. The molecule has 1 aliphatic heterocycles. The molecule has 0 aromatic rings. The molecule has 0 bridgehead atoms. The molecule has 2 unspecified atom stereocenters. The van der Waals surface area contributed by atoms with Crippen molar-refractivity contribution >= 4 is 0 Å². The number of hydrogen-bond donors (Lipinski definition) is 0. The van der Waals surface area contributed by atoms with Crippen LogP contribution in [0.25, 0.3) is 0 Å². The lowest BCUT2D eigenvalue weighted by Gasteiger charge is -2.30. The van der Waals surface area contributed by atoms with Gasteiger partial charge in [0.2, 0.25) is 0 Å². The van der Waals surface area contributed by atoms with Gasteiger partial charge in [-0.2, -0.15) is 5.26 Å². The van der Waals surface area contributed by atoms with Crippen molar-refractivity contribution in [3.8, 4) is 6.07 Å². The van der Waals surface area contributed by atoms with Crippen LogP contribution in [-0.4, -0.2) is 12.7 Å². The van der Waals surface area contributed by atoms with E-state index >= 15 is 0 Å². The molecule has 1 saturated heterocycles. The predicted octanol–water partition coefficient (Wildman–Crippen LogP) is 2.35. The minimum absolute atomic E-state index is 0.205. The third kappa shape index (κ3) is 2.49. The average molecular weight is 167 g/mol. The minimum atomic E-state index is 0.205. The zero-order chi connectivity index (χ0) is 8.97. The Morgan fingerprint density at radius 3 is 2.92 bits per heavy atom. The first-order chi connectivity index (χ1) is 5.74. The molecular formula is C10H17NO. The molecule has 0 amide bonds. The van der Waals surface area contributed by atoms with Crippen LogP contribution in [0.1, 0.15) is 33.1 Å². The van der Waals surface area contributed by atoms with Crippen molar-refractivity contribution in [3.05, 3.63) is 0 Å². The molecule has 2 nitrogen and oxygen atoms in total. The van der Waals surface area contributed by atoms with Gasteiger partial charge in [0.25, 0.3) is 0 Å². The Morgan fingerprint density at radius 2 is 2.33 bits per heavy atom. The van der Waals surface area contributed by atoms with Gasteiger partial charge in [-0.3, -0.25) is 0 Å². The van der Waals surface area contributed by atoms with E-state index in [-0.39, 0.29) is 6.10 Å². The van der Waals surface area contributed by atoms with Crippen molar-refractivity contribution in [2.45, 2.75) is 39.2 Å². The van der Waals surface area contributed by atoms with Crippen LogP contribution < -0.4 is 0 Å². The van der Waals surface area contributed by atoms with E-state index in [0.29, 0.717) is 6.42 Å². The van der Waals surface area contributed by atoms with E-state index in [0.717, 1.165) is 24.9 Å². The zero-order valence-corrected chi connectivity index (χ0v) is 7.92. The molecule has 1 heterocycles. The lowest BCUT2D eigenvalue weighted by molar-refractivity contribution is -0.0158. The van der Waals surface area contributed by atoms with Crippen molar-refractivity contribution < 1.29 is 4.74 Å². The number of hydrogen-bond acceptors (Lipinski definition) is 2. The monoisotopic (exact) mass is 167 g/mol. The molecule has 0 spiro atoms. The van der Waals surface area contributed by atoms with Crippen LogP contribution in [0.15, 0.2) is 0 Å². The van der Waals surface area contributed by atoms with E-state index in [1.54, 1.807) is 0 Å². The zero-order valence-electron chi connectivity index (χ0n) is 7.92. The summed E-state index contributed by atoms with van der Waals surface area (Å²) in [6.45, 7) is 5.34. The van der Waals surface area contributed by atoms with Gasteiger partial charge in [-0.15, -0.1) is 0 Å². The van der Waals surface area contributed by atoms with Crippen molar-refractivity contribution in [3.63, 3.8) is 0 Å². The summed E-state index contributed by atoms with van der Waals surface area (Å²) in [6.07, 6.45) is 3.00. The number of nitrogens with zero attached hydrogens (tertiary/aromatic N) is 1. The lowest BCUT2D eigenvalue weighted by atomic mass is 9.85. The fourth-order valence-corrected chi connectivity index (χ4v) is 1.76. The Hall–Kier alpha value is -0.550. The first kappa shape index (κ1) is 9.54. The standard InChI is InChI=1S/C10H17NO/c1-8(2)9-4-6-12-10(7-9)3-5-11/h8-10H,3-4,6-7H2,1-2H3. The predicted molar refractivity (Wildman–Crippen MR) is 47.5 cm³/mol. The number of nitriles is 1. The maximum Gasteiger partial charge on any atom is 0.0707 e. The Balaban J connectivity index is 2.36. The highest BCUT2D eigenvalue weighted by atomic mass is 16.5. The van der Waals surface area contributed by atoms with Gasteiger partial charge >= 0.3 is 0 Å². The molecule has 0 aromatic heterocycles. The Bertz CT molecular complexity index is 171. The van der Waals surface area contributed by atoms with Crippen LogP contribution in [-0.2, 0) is 4.74 Å². The molecule has 1 aliphatic rings. The molecule has 1 rings (SSSR count). The molecule has 0 N–H and O–H groups in total. The highest BCUT2D eigenvalue weighted by Crippen LogP contribution is 2.27. The molecule has 0 radical (unpaired) electrons. The van der Waals surface area contributed by atoms with Gasteiger partial charge in [-0.25, -0.2) is 0 Å². The van der Waals surface area contributed by atoms with Crippen LogP contribution in [0, 0.1) is 23.2 Å². The van der Waals surface area contributed by atoms with E-state index in [1.807, 2.05) is 0 Å². The van der Waals surface area contributed by atoms with Gasteiger partial charge in [-0.05, 0) is 24.7 Å². The molecule has 68 valence electrons. The fourth-order valence-electron chi connectivity index (χ4n) is 1.76.